The third-order valence-corrected chi connectivity index (χ3v) is 3.15. The minimum atomic E-state index is -0.977. The molecule has 7 nitrogen and oxygen atoms in total. The second-order valence-electron chi connectivity index (χ2n) is 4.72. The Balaban J connectivity index is 2.41. The zero-order valence-electron chi connectivity index (χ0n) is 12.8. The van der Waals surface area contributed by atoms with E-state index in [0.717, 1.165) is 0 Å². The maximum absolute atomic E-state index is 12.3. The molecule has 0 unspecified atom stereocenters. The highest BCUT2D eigenvalue weighted by atomic mass is 16.6. The molecule has 0 aliphatic heterocycles. The highest BCUT2D eigenvalue weighted by molar-refractivity contribution is 5.97. The molecule has 7 heteroatoms. The fourth-order valence-electron chi connectivity index (χ4n) is 2.06. The number of ether oxygens (including phenoxy) is 3. The second-order valence-corrected chi connectivity index (χ2v) is 4.72. The lowest BCUT2D eigenvalue weighted by Gasteiger charge is -2.14. The normalized spacial score (nSPS) is 10.2. The third-order valence-electron chi connectivity index (χ3n) is 3.15. The number of aromatic hydroxyl groups is 3. The first-order valence-electron chi connectivity index (χ1n) is 6.57. The predicted molar refractivity (Wildman–Crippen MR) is 80.7 cm³/mol. The molecule has 0 aromatic heterocycles. The number of hydrogen-bond donors (Lipinski definition) is 3. The molecular weight excluding hydrogens is 304 g/mol. The quantitative estimate of drug-likeness (QED) is 0.586. The van der Waals surface area contributed by atoms with E-state index in [4.69, 9.17) is 14.2 Å². The van der Waals surface area contributed by atoms with Crippen LogP contribution in [0.15, 0.2) is 24.3 Å². The summed E-state index contributed by atoms with van der Waals surface area (Å²) in [5, 5.41) is 29.3. The third kappa shape index (κ3) is 3.23. The molecule has 0 aliphatic carbocycles. The van der Waals surface area contributed by atoms with E-state index in [1.807, 2.05) is 0 Å². The Morgan fingerprint density at radius 1 is 0.957 bits per heavy atom. The van der Waals surface area contributed by atoms with E-state index >= 15 is 0 Å². The van der Waals surface area contributed by atoms with Gasteiger partial charge in [0, 0.05) is 18.2 Å². The van der Waals surface area contributed by atoms with Crippen LogP contribution in [0, 0.1) is 6.92 Å². The van der Waals surface area contributed by atoms with Gasteiger partial charge in [0.2, 0.25) is 0 Å². The number of benzene rings is 2. The van der Waals surface area contributed by atoms with Gasteiger partial charge in [0.25, 0.3) is 0 Å². The van der Waals surface area contributed by atoms with Gasteiger partial charge in [0.15, 0.2) is 11.5 Å². The molecule has 2 aromatic carbocycles. The molecule has 0 spiro atoms. The van der Waals surface area contributed by atoms with Gasteiger partial charge < -0.3 is 29.5 Å². The molecule has 0 heterocycles. The van der Waals surface area contributed by atoms with Crippen LogP contribution < -0.4 is 14.2 Å². The molecule has 2 rings (SSSR count). The number of rotatable bonds is 4. The Hall–Kier alpha value is -3.09. The van der Waals surface area contributed by atoms with Gasteiger partial charge in [-0.25, -0.2) is 4.79 Å². The zero-order valence-corrected chi connectivity index (χ0v) is 12.8. The van der Waals surface area contributed by atoms with Gasteiger partial charge in [-0.15, -0.1) is 0 Å². The van der Waals surface area contributed by atoms with Gasteiger partial charge in [-0.3, -0.25) is 0 Å². The lowest BCUT2D eigenvalue weighted by Crippen LogP contribution is -2.11. The number of aryl methyl sites for hydroxylation is 1. The predicted octanol–water partition coefficient (Wildman–Crippen LogP) is 2.35. The van der Waals surface area contributed by atoms with Gasteiger partial charge >= 0.3 is 5.97 Å². The van der Waals surface area contributed by atoms with Crippen molar-refractivity contribution in [3.05, 3.63) is 35.4 Å². The molecule has 0 saturated heterocycles. The monoisotopic (exact) mass is 320 g/mol. The molecule has 0 radical (unpaired) electrons. The molecule has 0 fully saturated rings. The van der Waals surface area contributed by atoms with Crippen molar-refractivity contribution < 1.29 is 34.3 Å². The van der Waals surface area contributed by atoms with Crippen molar-refractivity contribution in [2.45, 2.75) is 6.92 Å². The van der Waals surface area contributed by atoms with Crippen molar-refractivity contribution in [2.24, 2.45) is 0 Å². The van der Waals surface area contributed by atoms with Crippen molar-refractivity contribution in [2.75, 3.05) is 14.2 Å². The highest BCUT2D eigenvalue weighted by Gasteiger charge is 2.23. The molecule has 2 aromatic rings. The number of methoxy groups -OCH3 is 2. The van der Waals surface area contributed by atoms with Crippen molar-refractivity contribution in [1.82, 2.24) is 0 Å². The fourth-order valence-corrected chi connectivity index (χ4v) is 2.06. The van der Waals surface area contributed by atoms with Crippen molar-refractivity contribution >= 4 is 5.97 Å². The number of phenolic OH excluding ortho intramolecular Hbond substituents is 3. The SMILES string of the molecule is COc1cc(O)c(C(=O)Oc2c(C)cc(O)cc2OC)c(O)c1. The maximum atomic E-state index is 12.3. The van der Waals surface area contributed by atoms with Crippen LogP contribution in [0.4, 0.5) is 0 Å². The Kier molecular flexibility index (Phi) is 4.49. The van der Waals surface area contributed by atoms with Crippen LogP contribution in [-0.2, 0) is 0 Å². The largest absolute Gasteiger partial charge is 0.508 e. The Morgan fingerprint density at radius 2 is 1.57 bits per heavy atom. The van der Waals surface area contributed by atoms with Crippen LogP contribution >= 0.6 is 0 Å². The number of carbonyl (C=O) groups excluding carboxylic acids is 1. The zero-order chi connectivity index (χ0) is 17.1. The van der Waals surface area contributed by atoms with E-state index in [9.17, 15) is 20.1 Å². The number of esters is 1. The average molecular weight is 320 g/mol. The van der Waals surface area contributed by atoms with Gasteiger partial charge in [-0.1, -0.05) is 0 Å². The van der Waals surface area contributed by atoms with E-state index in [-0.39, 0.29) is 23.0 Å². The summed E-state index contributed by atoms with van der Waals surface area (Å²) in [5.41, 5.74) is 0.0445. The van der Waals surface area contributed by atoms with Gasteiger partial charge in [-0.05, 0) is 18.6 Å². The molecular formula is C16H16O7. The topological polar surface area (TPSA) is 105 Å². The van der Waals surface area contributed by atoms with E-state index < -0.39 is 23.0 Å². The second kappa shape index (κ2) is 6.35. The summed E-state index contributed by atoms with van der Waals surface area (Å²) < 4.78 is 15.1. The molecule has 0 saturated carbocycles. The summed E-state index contributed by atoms with van der Waals surface area (Å²) in [6.45, 7) is 1.61. The minimum absolute atomic E-state index is 0.0470. The van der Waals surface area contributed by atoms with E-state index in [1.165, 1.54) is 38.5 Å². The number of hydrogen-bond acceptors (Lipinski definition) is 7. The van der Waals surface area contributed by atoms with Gasteiger partial charge in [0.05, 0.1) is 14.2 Å². The van der Waals surface area contributed by atoms with Gasteiger partial charge in [0.1, 0.15) is 28.6 Å². The first kappa shape index (κ1) is 16.3. The van der Waals surface area contributed by atoms with Crippen LogP contribution in [-0.4, -0.2) is 35.5 Å². The Morgan fingerprint density at radius 3 is 2.09 bits per heavy atom. The van der Waals surface area contributed by atoms with E-state index in [0.29, 0.717) is 5.56 Å². The molecule has 122 valence electrons. The Bertz CT molecular complexity index is 729. The molecule has 23 heavy (non-hydrogen) atoms. The fraction of sp³-hybridized carbons (Fsp3) is 0.188. The summed E-state index contributed by atoms with van der Waals surface area (Å²) in [5.74, 6) is -1.59. The number of phenols is 3. The van der Waals surface area contributed by atoms with E-state index in [1.54, 1.807) is 6.92 Å². The van der Waals surface area contributed by atoms with Crippen LogP contribution in [0.1, 0.15) is 15.9 Å². The van der Waals surface area contributed by atoms with Crippen molar-refractivity contribution in [3.8, 4) is 34.5 Å². The minimum Gasteiger partial charge on any atom is -0.508 e. The Labute approximate surface area is 132 Å². The molecule has 0 amide bonds. The molecule has 0 aliphatic rings. The lowest BCUT2D eigenvalue weighted by atomic mass is 10.1. The summed E-state index contributed by atoms with van der Waals surface area (Å²) >= 11 is 0. The lowest BCUT2D eigenvalue weighted by molar-refractivity contribution is 0.0721. The summed E-state index contributed by atoms with van der Waals surface area (Å²) in [6, 6.07) is 5.02. The van der Waals surface area contributed by atoms with E-state index in [2.05, 4.69) is 0 Å². The molecule has 0 atom stereocenters. The summed E-state index contributed by atoms with van der Waals surface area (Å²) in [6.07, 6.45) is 0. The van der Waals surface area contributed by atoms with Crippen molar-refractivity contribution in [1.29, 1.82) is 0 Å². The first-order valence-corrected chi connectivity index (χ1v) is 6.57. The smallest absolute Gasteiger partial charge is 0.351 e. The highest BCUT2D eigenvalue weighted by Crippen LogP contribution is 2.38. The molecule has 3 N–H and O–H groups in total. The maximum Gasteiger partial charge on any atom is 0.351 e. The first-order chi connectivity index (χ1) is 10.9. The number of carbonyl (C=O) groups is 1. The van der Waals surface area contributed by atoms with Gasteiger partial charge in [-0.2, -0.15) is 0 Å². The van der Waals surface area contributed by atoms with Crippen LogP contribution in [0.5, 0.6) is 34.5 Å². The summed E-state index contributed by atoms with van der Waals surface area (Å²) in [7, 11) is 2.71. The van der Waals surface area contributed by atoms with Crippen LogP contribution in [0.3, 0.4) is 0 Å². The van der Waals surface area contributed by atoms with Crippen molar-refractivity contribution in [3.63, 3.8) is 0 Å². The van der Waals surface area contributed by atoms with Crippen LogP contribution in [0.2, 0.25) is 0 Å². The standard InChI is InChI=1S/C16H16O7/c1-8-4-9(17)5-13(22-3)15(8)23-16(20)14-11(18)6-10(21-2)7-12(14)19/h4-7,17-19H,1-3H3. The molecule has 0 bridgehead atoms. The average Bonchev–Trinajstić information content (AvgIpc) is 2.48. The summed E-state index contributed by atoms with van der Waals surface area (Å²) in [4.78, 5) is 12.3. The van der Waals surface area contributed by atoms with Crippen LogP contribution in [0.25, 0.3) is 0 Å².